The largest absolute Gasteiger partial charge is 0.393 e. The minimum Gasteiger partial charge on any atom is -0.393 e. The van der Waals surface area contributed by atoms with Crippen LogP contribution < -0.4 is 0 Å². The van der Waals surface area contributed by atoms with Gasteiger partial charge in [0, 0.05) is 5.92 Å². The van der Waals surface area contributed by atoms with Crippen LogP contribution in [0.15, 0.2) is 11.6 Å². The first-order valence-electron chi connectivity index (χ1n) is 12.6. The van der Waals surface area contributed by atoms with Crippen LogP contribution in [0.25, 0.3) is 0 Å². The van der Waals surface area contributed by atoms with Gasteiger partial charge in [0.1, 0.15) is 0 Å². The summed E-state index contributed by atoms with van der Waals surface area (Å²) < 4.78 is 0. The molecule has 0 radical (unpaired) electrons. The number of ketones is 1. The SMILES string of the molecule is CC(C)CCCC(C)[C@H]1CCC2C3C(=O)C=C4CC(O)CC[C@]4(C)C3CC[C@@]21C. The van der Waals surface area contributed by atoms with Gasteiger partial charge in [-0.05, 0) is 91.4 Å². The van der Waals surface area contributed by atoms with E-state index in [0.29, 0.717) is 23.0 Å². The summed E-state index contributed by atoms with van der Waals surface area (Å²) in [6.45, 7) is 12.1. The normalized spacial score (nSPS) is 45.4. The lowest BCUT2D eigenvalue weighted by atomic mass is 9.46. The predicted molar refractivity (Wildman–Crippen MR) is 119 cm³/mol. The summed E-state index contributed by atoms with van der Waals surface area (Å²) >= 11 is 0. The molecule has 3 fully saturated rings. The van der Waals surface area contributed by atoms with E-state index in [4.69, 9.17) is 0 Å². The van der Waals surface area contributed by atoms with Gasteiger partial charge in [0.05, 0.1) is 6.10 Å². The Kier molecular flexibility index (Phi) is 5.82. The Hall–Kier alpha value is -0.630. The molecular formula is C27H44O2. The minimum atomic E-state index is -0.241. The van der Waals surface area contributed by atoms with Gasteiger partial charge < -0.3 is 5.11 Å². The molecule has 2 heteroatoms. The van der Waals surface area contributed by atoms with Crippen molar-refractivity contribution in [3.05, 3.63) is 11.6 Å². The van der Waals surface area contributed by atoms with Crippen LogP contribution in [0.3, 0.4) is 0 Å². The fraction of sp³-hybridized carbons (Fsp3) is 0.889. The standard InChI is InChI=1S/C27H44O2/c1-17(2)7-6-8-18(3)21-9-10-22-25-23(12-14-27(21,22)5)26(4)13-11-20(28)15-19(26)16-24(25)29/h16-18,20-23,25,28H,6-15H2,1-5H3/t18?,20?,21-,22?,23?,25?,26+,27-/m1/s1. The molecule has 29 heavy (non-hydrogen) atoms. The van der Waals surface area contributed by atoms with Crippen LogP contribution in [0.4, 0.5) is 0 Å². The molecule has 3 saturated carbocycles. The highest BCUT2D eigenvalue weighted by Crippen LogP contribution is 2.66. The highest BCUT2D eigenvalue weighted by molar-refractivity contribution is 5.94. The molecule has 0 aliphatic heterocycles. The van der Waals surface area contributed by atoms with Gasteiger partial charge >= 0.3 is 0 Å². The molecule has 4 aliphatic carbocycles. The number of hydrogen-bond donors (Lipinski definition) is 1. The second-order valence-electron chi connectivity index (χ2n) is 12.2. The summed E-state index contributed by atoms with van der Waals surface area (Å²) in [6.07, 6.45) is 13.6. The smallest absolute Gasteiger partial charge is 0.159 e. The maximum Gasteiger partial charge on any atom is 0.159 e. The monoisotopic (exact) mass is 400 g/mol. The third kappa shape index (κ3) is 3.56. The van der Waals surface area contributed by atoms with Crippen molar-refractivity contribution in [1.29, 1.82) is 0 Å². The molecule has 164 valence electrons. The van der Waals surface area contributed by atoms with Crippen molar-refractivity contribution in [2.24, 2.45) is 46.3 Å². The van der Waals surface area contributed by atoms with E-state index in [1.54, 1.807) is 0 Å². The molecule has 2 nitrogen and oxygen atoms in total. The molecule has 0 bridgehead atoms. The molecule has 0 heterocycles. The number of fused-ring (bicyclic) bond motifs is 5. The van der Waals surface area contributed by atoms with Crippen molar-refractivity contribution in [2.75, 3.05) is 0 Å². The van der Waals surface area contributed by atoms with E-state index in [9.17, 15) is 9.90 Å². The van der Waals surface area contributed by atoms with Gasteiger partial charge in [0.25, 0.3) is 0 Å². The number of aliphatic hydroxyl groups is 1. The third-order valence-electron chi connectivity index (χ3n) is 10.1. The molecule has 4 aliphatic rings. The van der Waals surface area contributed by atoms with Crippen LogP contribution in [0, 0.1) is 46.3 Å². The maximum absolute atomic E-state index is 13.4. The number of carbonyl (C=O) groups is 1. The molecular weight excluding hydrogens is 356 g/mol. The molecule has 1 N–H and O–H groups in total. The molecule has 5 unspecified atom stereocenters. The van der Waals surface area contributed by atoms with Crippen LogP contribution in [-0.4, -0.2) is 17.0 Å². The van der Waals surface area contributed by atoms with Crippen molar-refractivity contribution >= 4 is 5.78 Å². The van der Waals surface area contributed by atoms with Crippen molar-refractivity contribution in [3.8, 4) is 0 Å². The zero-order chi connectivity index (χ0) is 21.0. The third-order valence-corrected chi connectivity index (χ3v) is 10.1. The van der Waals surface area contributed by atoms with Gasteiger partial charge in [-0.3, -0.25) is 4.79 Å². The summed E-state index contributed by atoms with van der Waals surface area (Å²) in [5, 5.41) is 10.2. The zero-order valence-corrected chi connectivity index (χ0v) is 19.5. The number of rotatable bonds is 5. The molecule has 0 spiro atoms. The van der Waals surface area contributed by atoms with E-state index in [0.717, 1.165) is 37.0 Å². The van der Waals surface area contributed by atoms with Crippen molar-refractivity contribution in [1.82, 2.24) is 0 Å². The van der Waals surface area contributed by atoms with Crippen LogP contribution in [0.5, 0.6) is 0 Å². The van der Waals surface area contributed by atoms with Crippen molar-refractivity contribution in [2.45, 2.75) is 105 Å². The minimum absolute atomic E-state index is 0.153. The highest BCUT2D eigenvalue weighted by Gasteiger charge is 2.61. The van der Waals surface area contributed by atoms with Gasteiger partial charge in [-0.25, -0.2) is 0 Å². The number of aliphatic hydroxyl groups excluding tert-OH is 1. The number of carbonyl (C=O) groups excluding carboxylic acids is 1. The summed E-state index contributed by atoms with van der Waals surface area (Å²) in [6, 6.07) is 0. The van der Waals surface area contributed by atoms with Gasteiger partial charge in [0.2, 0.25) is 0 Å². The molecule has 4 rings (SSSR count). The number of allylic oxidation sites excluding steroid dienone is 1. The van der Waals surface area contributed by atoms with Crippen LogP contribution in [-0.2, 0) is 4.79 Å². The van der Waals surface area contributed by atoms with Crippen molar-refractivity contribution in [3.63, 3.8) is 0 Å². The Morgan fingerprint density at radius 3 is 2.52 bits per heavy atom. The lowest BCUT2D eigenvalue weighted by Gasteiger charge is -2.57. The first-order chi connectivity index (χ1) is 13.7. The Morgan fingerprint density at radius 1 is 1.03 bits per heavy atom. The van der Waals surface area contributed by atoms with Crippen LogP contribution in [0.1, 0.15) is 98.8 Å². The van der Waals surface area contributed by atoms with Crippen LogP contribution >= 0.6 is 0 Å². The van der Waals surface area contributed by atoms with Crippen LogP contribution in [0.2, 0.25) is 0 Å². The maximum atomic E-state index is 13.4. The Morgan fingerprint density at radius 2 is 1.79 bits per heavy atom. The van der Waals surface area contributed by atoms with E-state index < -0.39 is 0 Å². The summed E-state index contributed by atoms with van der Waals surface area (Å²) in [5.74, 6) is 4.11. The number of hydrogen-bond acceptors (Lipinski definition) is 2. The second kappa shape index (κ2) is 7.81. The Bertz CT molecular complexity index is 663. The predicted octanol–water partition coefficient (Wildman–Crippen LogP) is 6.57. The fourth-order valence-electron chi connectivity index (χ4n) is 8.41. The Balaban J connectivity index is 1.54. The van der Waals surface area contributed by atoms with Crippen molar-refractivity contribution < 1.29 is 9.90 Å². The van der Waals surface area contributed by atoms with Gasteiger partial charge in [0.15, 0.2) is 5.78 Å². The first-order valence-corrected chi connectivity index (χ1v) is 12.6. The Labute approximate surface area is 178 Å². The first kappa shape index (κ1) is 21.6. The van der Waals surface area contributed by atoms with E-state index in [-0.39, 0.29) is 17.4 Å². The lowest BCUT2D eigenvalue weighted by molar-refractivity contribution is -0.135. The van der Waals surface area contributed by atoms with E-state index in [2.05, 4.69) is 34.6 Å². The average Bonchev–Trinajstić information content (AvgIpc) is 3.00. The average molecular weight is 401 g/mol. The highest BCUT2D eigenvalue weighted by atomic mass is 16.3. The molecule has 0 aromatic carbocycles. The van der Waals surface area contributed by atoms with Gasteiger partial charge in [-0.15, -0.1) is 0 Å². The van der Waals surface area contributed by atoms with E-state index in [1.807, 2.05) is 6.08 Å². The van der Waals surface area contributed by atoms with Gasteiger partial charge in [-0.2, -0.15) is 0 Å². The zero-order valence-electron chi connectivity index (χ0n) is 19.5. The fourth-order valence-corrected chi connectivity index (χ4v) is 8.41. The summed E-state index contributed by atoms with van der Waals surface area (Å²) in [7, 11) is 0. The topological polar surface area (TPSA) is 37.3 Å². The van der Waals surface area contributed by atoms with E-state index >= 15 is 0 Å². The summed E-state index contributed by atoms with van der Waals surface area (Å²) in [5.41, 5.74) is 1.77. The van der Waals surface area contributed by atoms with Gasteiger partial charge in [-0.1, -0.05) is 59.5 Å². The molecule has 8 atom stereocenters. The quantitative estimate of drug-likeness (QED) is 0.567. The molecule has 0 saturated heterocycles. The summed E-state index contributed by atoms with van der Waals surface area (Å²) in [4.78, 5) is 13.4. The second-order valence-corrected chi connectivity index (χ2v) is 12.2. The van der Waals surface area contributed by atoms with E-state index in [1.165, 1.54) is 50.5 Å². The lowest BCUT2D eigenvalue weighted by Crippen LogP contribution is -2.53. The molecule has 0 amide bonds. The molecule has 0 aromatic rings. The molecule has 0 aromatic heterocycles.